The molecule has 1 heterocycles. The SMILES string of the molecule is CCCC(=O)Nc1c2c(nn1-c1ccccc1)CCC2. The summed E-state index contributed by atoms with van der Waals surface area (Å²) in [5.41, 5.74) is 3.33. The number of nitrogens with zero attached hydrogens (tertiary/aromatic N) is 2. The Balaban J connectivity index is 2.00. The molecule has 2 aromatic rings. The van der Waals surface area contributed by atoms with Crippen molar-refractivity contribution in [3.05, 3.63) is 41.6 Å². The van der Waals surface area contributed by atoms with E-state index in [0.717, 1.165) is 42.9 Å². The predicted molar refractivity (Wildman–Crippen MR) is 79.1 cm³/mol. The molecule has 104 valence electrons. The molecular weight excluding hydrogens is 250 g/mol. The summed E-state index contributed by atoms with van der Waals surface area (Å²) < 4.78 is 1.87. The van der Waals surface area contributed by atoms with E-state index in [2.05, 4.69) is 10.4 Å². The number of carbonyl (C=O) groups is 1. The first-order chi connectivity index (χ1) is 9.79. The summed E-state index contributed by atoms with van der Waals surface area (Å²) in [6, 6.07) is 9.98. The van der Waals surface area contributed by atoms with Crippen LogP contribution in [0.25, 0.3) is 5.69 Å². The number of aromatic nitrogens is 2. The van der Waals surface area contributed by atoms with Crippen LogP contribution in [0.3, 0.4) is 0 Å². The van der Waals surface area contributed by atoms with E-state index in [9.17, 15) is 4.79 Å². The molecule has 0 aliphatic heterocycles. The Morgan fingerprint density at radius 3 is 2.85 bits per heavy atom. The summed E-state index contributed by atoms with van der Waals surface area (Å²) >= 11 is 0. The number of hydrogen-bond donors (Lipinski definition) is 1. The van der Waals surface area contributed by atoms with Crippen molar-refractivity contribution in [1.82, 2.24) is 9.78 Å². The number of aryl methyl sites for hydroxylation is 1. The fraction of sp³-hybridized carbons (Fsp3) is 0.375. The van der Waals surface area contributed by atoms with Crippen molar-refractivity contribution in [1.29, 1.82) is 0 Å². The number of carbonyl (C=O) groups excluding carboxylic acids is 1. The van der Waals surface area contributed by atoms with Gasteiger partial charge >= 0.3 is 0 Å². The van der Waals surface area contributed by atoms with E-state index in [1.807, 2.05) is 41.9 Å². The number of nitrogens with one attached hydrogen (secondary N) is 1. The van der Waals surface area contributed by atoms with Crippen molar-refractivity contribution in [2.24, 2.45) is 0 Å². The van der Waals surface area contributed by atoms with Crippen LogP contribution in [0.5, 0.6) is 0 Å². The van der Waals surface area contributed by atoms with Gasteiger partial charge in [0, 0.05) is 12.0 Å². The molecule has 1 N–H and O–H groups in total. The molecule has 3 rings (SSSR count). The van der Waals surface area contributed by atoms with E-state index >= 15 is 0 Å². The topological polar surface area (TPSA) is 46.9 Å². The summed E-state index contributed by atoms with van der Waals surface area (Å²) in [4.78, 5) is 11.9. The van der Waals surface area contributed by atoms with Gasteiger partial charge in [0.05, 0.1) is 11.4 Å². The first-order valence-electron chi connectivity index (χ1n) is 7.25. The quantitative estimate of drug-likeness (QED) is 0.927. The zero-order valence-corrected chi connectivity index (χ0v) is 11.7. The van der Waals surface area contributed by atoms with Gasteiger partial charge in [-0.15, -0.1) is 0 Å². The molecule has 0 atom stereocenters. The number of hydrogen-bond acceptors (Lipinski definition) is 2. The Kier molecular flexibility index (Phi) is 3.54. The van der Waals surface area contributed by atoms with Crippen LogP contribution in [0.1, 0.15) is 37.4 Å². The minimum atomic E-state index is 0.0688. The number of para-hydroxylation sites is 1. The van der Waals surface area contributed by atoms with Crippen molar-refractivity contribution >= 4 is 11.7 Å². The third kappa shape index (κ3) is 2.33. The van der Waals surface area contributed by atoms with Crippen LogP contribution in [0.15, 0.2) is 30.3 Å². The lowest BCUT2D eigenvalue weighted by Crippen LogP contribution is -2.15. The Hall–Kier alpha value is -2.10. The molecule has 1 amide bonds. The third-order valence-corrected chi connectivity index (χ3v) is 3.64. The van der Waals surface area contributed by atoms with Gasteiger partial charge < -0.3 is 5.32 Å². The van der Waals surface area contributed by atoms with Gasteiger partial charge in [0.15, 0.2) is 0 Å². The fourth-order valence-corrected chi connectivity index (χ4v) is 2.70. The summed E-state index contributed by atoms with van der Waals surface area (Å²) in [5.74, 6) is 0.932. The highest BCUT2D eigenvalue weighted by molar-refractivity contribution is 5.91. The molecule has 4 heteroatoms. The predicted octanol–water partition coefficient (Wildman–Crippen LogP) is 3.10. The van der Waals surface area contributed by atoms with E-state index in [1.54, 1.807) is 0 Å². The molecular formula is C16H19N3O. The minimum absolute atomic E-state index is 0.0688. The molecule has 20 heavy (non-hydrogen) atoms. The normalized spacial score (nSPS) is 13.2. The second kappa shape index (κ2) is 5.49. The van der Waals surface area contributed by atoms with Gasteiger partial charge in [0.2, 0.25) is 5.91 Å². The lowest BCUT2D eigenvalue weighted by atomic mass is 10.2. The number of amides is 1. The highest BCUT2D eigenvalue weighted by Crippen LogP contribution is 2.30. The molecule has 1 aliphatic carbocycles. The van der Waals surface area contributed by atoms with Crippen LogP contribution in [0.4, 0.5) is 5.82 Å². The number of anilines is 1. The number of benzene rings is 1. The van der Waals surface area contributed by atoms with Gasteiger partial charge in [-0.3, -0.25) is 4.79 Å². The second-order valence-electron chi connectivity index (χ2n) is 5.17. The molecule has 1 aromatic heterocycles. The smallest absolute Gasteiger partial charge is 0.225 e. The molecule has 4 nitrogen and oxygen atoms in total. The standard InChI is InChI=1S/C16H19N3O/c1-2-7-15(20)17-16-13-10-6-11-14(13)18-19(16)12-8-4-3-5-9-12/h3-5,8-9H,2,6-7,10-11H2,1H3,(H,17,20). The molecule has 0 unspecified atom stereocenters. The molecule has 0 saturated heterocycles. The maximum Gasteiger partial charge on any atom is 0.225 e. The molecule has 0 fully saturated rings. The van der Waals surface area contributed by atoms with Crippen molar-refractivity contribution in [3.63, 3.8) is 0 Å². The molecule has 0 radical (unpaired) electrons. The van der Waals surface area contributed by atoms with Gasteiger partial charge in [-0.05, 0) is 37.8 Å². The first-order valence-corrected chi connectivity index (χ1v) is 7.25. The van der Waals surface area contributed by atoms with Gasteiger partial charge in [0.1, 0.15) is 5.82 Å². The highest BCUT2D eigenvalue weighted by atomic mass is 16.1. The summed E-state index contributed by atoms with van der Waals surface area (Å²) in [5, 5.41) is 7.73. The maximum atomic E-state index is 11.9. The van der Waals surface area contributed by atoms with Gasteiger partial charge in [0.25, 0.3) is 0 Å². The minimum Gasteiger partial charge on any atom is -0.310 e. The third-order valence-electron chi connectivity index (χ3n) is 3.64. The lowest BCUT2D eigenvalue weighted by molar-refractivity contribution is -0.116. The molecule has 0 spiro atoms. The number of fused-ring (bicyclic) bond motifs is 1. The van der Waals surface area contributed by atoms with Crippen LogP contribution in [0, 0.1) is 0 Å². The van der Waals surface area contributed by atoms with E-state index < -0.39 is 0 Å². The lowest BCUT2D eigenvalue weighted by Gasteiger charge is -2.10. The Labute approximate surface area is 118 Å². The zero-order valence-electron chi connectivity index (χ0n) is 11.7. The Morgan fingerprint density at radius 1 is 1.30 bits per heavy atom. The summed E-state index contributed by atoms with van der Waals surface area (Å²) in [6.45, 7) is 2.01. The highest BCUT2D eigenvalue weighted by Gasteiger charge is 2.23. The van der Waals surface area contributed by atoms with Crippen LogP contribution < -0.4 is 5.32 Å². The van der Waals surface area contributed by atoms with Gasteiger partial charge in [-0.1, -0.05) is 25.1 Å². The van der Waals surface area contributed by atoms with Crippen molar-refractivity contribution in [3.8, 4) is 5.69 Å². The van der Waals surface area contributed by atoms with Crippen molar-refractivity contribution < 1.29 is 4.79 Å². The Bertz CT molecular complexity index is 616. The number of rotatable bonds is 4. The molecule has 1 aliphatic rings. The maximum absolute atomic E-state index is 11.9. The van der Waals surface area contributed by atoms with Gasteiger partial charge in [-0.25, -0.2) is 4.68 Å². The largest absolute Gasteiger partial charge is 0.310 e. The van der Waals surface area contributed by atoms with Crippen molar-refractivity contribution in [2.75, 3.05) is 5.32 Å². The van der Waals surface area contributed by atoms with Crippen LogP contribution >= 0.6 is 0 Å². The monoisotopic (exact) mass is 269 g/mol. The zero-order chi connectivity index (χ0) is 13.9. The average molecular weight is 269 g/mol. The van der Waals surface area contributed by atoms with Crippen molar-refractivity contribution in [2.45, 2.75) is 39.0 Å². The van der Waals surface area contributed by atoms with Crippen LogP contribution in [-0.2, 0) is 17.6 Å². The second-order valence-corrected chi connectivity index (χ2v) is 5.17. The Morgan fingerprint density at radius 2 is 2.10 bits per heavy atom. The van der Waals surface area contributed by atoms with Crippen LogP contribution in [-0.4, -0.2) is 15.7 Å². The van der Waals surface area contributed by atoms with E-state index in [1.165, 1.54) is 5.56 Å². The molecule has 1 aromatic carbocycles. The fourth-order valence-electron chi connectivity index (χ4n) is 2.70. The van der Waals surface area contributed by atoms with E-state index in [0.29, 0.717) is 6.42 Å². The van der Waals surface area contributed by atoms with Crippen LogP contribution in [0.2, 0.25) is 0 Å². The molecule has 0 saturated carbocycles. The van der Waals surface area contributed by atoms with Gasteiger partial charge in [-0.2, -0.15) is 5.10 Å². The average Bonchev–Trinajstić information content (AvgIpc) is 3.03. The first kappa shape index (κ1) is 12.9. The van der Waals surface area contributed by atoms with E-state index in [-0.39, 0.29) is 5.91 Å². The molecule has 0 bridgehead atoms. The summed E-state index contributed by atoms with van der Waals surface area (Å²) in [6.07, 6.45) is 4.54. The van der Waals surface area contributed by atoms with E-state index in [4.69, 9.17) is 0 Å². The summed E-state index contributed by atoms with van der Waals surface area (Å²) in [7, 11) is 0.